The molecule has 0 bridgehead atoms. The molecular formula is C17H18N2S. The number of aromatic amines is 1. The molecule has 1 atom stereocenters. The van der Waals surface area contributed by atoms with Crippen molar-refractivity contribution in [2.45, 2.75) is 29.3 Å². The summed E-state index contributed by atoms with van der Waals surface area (Å²) in [5, 5.41) is 2.42. The summed E-state index contributed by atoms with van der Waals surface area (Å²) in [7, 11) is 0. The van der Waals surface area contributed by atoms with Gasteiger partial charge in [0, 0.05) is 21.8 Å². The van der Waals surface area contributed by atoms with E-state index < -0.39 is 0 Å². The molecule has 0 saturated heterocycles. The molecule has 1 unspecified atom stereocenters. The van der Waals surface area contributed by atoms with Crippen LogP contribution < -0.4 is 5.73 Å². The monoisotopic (exact) mass is 282 g/mol. The fourth-order valence-electron chi connectivity index (χ4n) is 2.25. The Morgan fingerprint density at radius 1 is 1.10 bits per heavy atom. The van der Waals surface area contributed by atoms with E-state index in [2.05, 4.69) is 60.4 Å². The summed E-state index contributed by atoms with van der Waals surface area (Å²) in [6.07, 6.45) is 0.967. The van der Waals surface area contributed by atoms with Gasteiger partial charge in [-0.15, -0.1) is 0 Å². The topological polar surface area (TPSA) is 41.8 Å². The Kier molecular flexibility index (Phi) is 3.81. The first-order valence-corrected chi connectivity index (χ1v) is 7.69. The summed E-state index contributed by atoms with van der Waals surface area (Å²) >= 11 is 1.74. The van der Waals surface area contributed by atoms with E-state index >= 15 is 0 Å². The predicted octanol–water partition coefficient (Wildman–Crippen LogP) is 4.73. The summed E-state index contributed by atoms with van der Waals surface area (Å²) in [4.78, 5) is 4.66. The minimum Gasteiger partial charge on any atom is -0.349 e. The van der Waals surface area contributed by atoms with Crippen LogP contribution in [0.5, 0.6) is 0 Å². The highest BCUT2D eigenvalue weighted by molar-refractivity contribution is 7.99. The Labute approximate surface area is 123 Å². The Morgan fingerprint density at radius 3 is 2.55 bits per heavy atom. The van der Waals surface area contributed by atoms with Gasteiger partial charge >= 0.3 is 0 Å². The number of nitrogens with one attached hydrogen (secondary N) is 1. The number of hydrogen-bond acceptors (Lipinski definition) is 2. The third-order valence-corrected chi connectivity index (χ3v) is 4.43. The lowest BCUT2D eigenvalue weighted by Gasteiger charge is -2.09. The molecule has 3 rings (SSSR count). The fraction of sp³-hybridized carbons (Fsp3) is 0.176. The Hall–Kier alpha value is -1.71. The number of fused-ring (bicyclic) bond motifs is 1. The smallest absolute Gasteiger partial charge is 0.0780 e. The quantitative estimate of drug-likeness (QED) is 0.726. The van der Waals surface area contributed by atoms with E-state index in [0.29, 0.717) is 0 Å². The van der Waals surface area contributed by atoms with Gasteiger partial charge in [0.1, 0.15) is 0 Å². The number of hydrogen-bond donors (Lipinski definition) is 2. The van der Waals surface area contributed by atoms with Crippen LogP contribution in [-0.2, 0) is 0 Å². The zero-order valence-corrected chi connectivity index (χ0v) is 12.3. The van der Waals surface area contributed by atoms with Crippen LogP contribution in [0.3, 0.4) is 0 Å². The van der Waals surface area contributed by atoms with Crippen LogP contribution in [0.4, 0.5) is 0 Å². The van der Waals surface area contributed by atoms with Crippen molar-refractivity contribution in [3.63, 3.8) is 0 Å². The van der Waals surface area contributed by atoms with Gasteiger partial charge in [-0.25, -0.2) is 0 Å². The molecule has 0 aliphatic heterocycles. The van der Waals surface area contributed by atoms with Gasteiger partial charge < -0.3 is 10.7 Å². The van der Waals surface area contributed by atoms with Crippen LogP contribution >= 0.6 is 11.8 Å². The number of aromatic nitrogens is 1. The van der Waals surface area contributed by atoms with Crippen molar-refractivity contribution >= 4 is 22.7 Å². The summed E-state index contributed by atoms with van der Waals surface area (Å²) in [6.45, 7) is 2.11. The number of para-hydroxylation sites is 1. The first-order valence-electron chi connectivity index (χ1n) is 6.87. The standard InChI is InChI=1S/C17H18N2S/c1-2-15(18)12-7-9-14(10-8-12)20-17-11-13-5-3-4-6-16(13)19-17/h3-11,15,19H,2,18H2,1H3. The first kappa shape index (κ1) is 13.3. The number of H-pyrrole nitrogens is 1. The molecule has 1 aromatic heterocycles. The molecule has 2 aromatic carbocycles. The first-order chi connectivity index (χ1) is 9.76. The molecular weight excluding hydrogens is 264 g/mol. The van der Waals surface area contributed by atoms with E-state index in [9.17, 15) is 0 Å². The van der Waals surface area contributed by atoms with Crippen molar-refractivity contribution in [3.8, 4) is 0 Å². The van der Waals surface area contributed by atoms with Crippen LogP contribution in [0.25, 0.3) is 10.9 Å². The van der Waals surface area contributed by atoms with Crippen LogP contribution in [0, 0.1) is 0 Å². The van der Waals surface area contributed by atoms with E-state index in [0.717, 1.165) is 6.42 Å². The number of rotatable bonds is 4. The summed E-state index contributed by atoms with van der Waals surface area (Å²) in [5.74, 6) is 0. The molecule has 1 heterocycles. The number of benzene rings is 2. The lowest BCUT2D eigenvalue weighted by molar-refractivity contribution is 0.698. The highest BCUT2D eigenvalue weighted by Crippen LogP contribution is 2.30. The maximum atomic E-state index is 6.03. The molecule has 3 aromatic rings. The van der Waals surface area contributed by atoms with Crippen LogP contribution in [0.1, 0.15) is 24.9 Å². The SMILES string of the molecule is CCC(N)c1ccc(Sc2cc3ccccc3[nH]2)cc1. The third-order valence-electron chi connectivity index (χ3n) is 3.48. The molecule has 3 heteroatoms. The zero-order chi connectivity index (χ0) is 13.9. The molecule has 0 saturated carbocycles. The second-order valence-electron chi connectivity index (χ2n) is 4.91. The normalized spacial score (nSPS) is 12.7. The molecule has 0 aliphatic rings. The largest absolute Gasteiger partial charge is 0.349 e. The van der Waals surface area contributed by atoms with Gasteiger partial charge in [0.15, 0.2) is 0 Å². The van der Waals surface area contributed by atoms with E-state index in [4.69, 9.17) is 5.73 Å². The van der Waals surface area contributed by atoms with Crippen molar-refractivity contribution in [2.24, 2.45) is 5.73 Å². The van der Waals surface area contributed by atoms with E-state index in [-0.39, 0.29) is 6.04 Å². The molecule has 0 spiro atoms. The molecule has 2 nitrogen and oxygen atoms in total. The van der Waals surface area contributed by atoms with Crippen LogP contribution in [0.15, 0.2) is 64.5 Å². The average molecular weight is 282 g/mol. The summed E-state index contributed by atoms with van der Waals surface area (Å²) in [6, 6.07) is 19.2. The summed E-state index contributed by atoms with van der Waals surface area (Å²) < 4.78 is 0. The molecule has 0 fully saturated rings. The molecule has 20 heavy (non-hydrogen) atoms. The predicted molar refractivity (Wildman–Crippen MR) is 86.1 cm³/mol. The van der Waals surface area contributed by atoms with Gasteiger partial charge in [0.05, 0.1) is 5.03 Å². The second kappa shape index (κ2) is 5.73. The lowest BCUT2D eigenvalue weighted by atomic mass is 10.1. The Bertz CT molecular complexity index is 667. The van der Waals surface area contributed by atoms with Crippen molar-refractivity contribution < 1.29 is 0 Å². The molecule has 0 aliphatic carbocycles. The zero-order valence-electron chi connectivity index (χ0n) is 11.5. The van der Waals surface area contributed by atoms with E-state index in [1.54, 1.807) is 11.8 Å². The Morgan fingerprint density at radius 2 is 1.85 bits per heavy atom. The Balaban J connectivity index is 1.80. The summed E-state index contributed by atoms with van der Waals surface area (Å²) in [5.41, 5.74) is 8.42. The van der Waals surface area contributed by atoms with Crippen molar-refractivity contribution in [2.75, 3.05) is 0 Å². The maximum absolute atomic E-state index is 6.03. The number of nitrogens with two attached hydrogens (primary N) is 1. The van der Waals surface area contributed by atoms with Crippen LogP contribution in [-0.4, -0.2) is 4.98 Å². The van der Waals surface area contributed by atoms with Gasteiger partial charge in [-0.2, -0.15) is 0 Å². The molecule has 0 radical (unpaired) electrons. The molecule has 3 N–H and O–H groups in total. The van der Waals surface area contributed by atoms with E-state index in [1.165, 1.54) is 26.4 Å². The fourth-order valence-corrected chi connectivity index (χ4v) is 3.12. The van der Waals surface area contributed by atoms with Crippen LogP contribution in [0.2, 0.25) is 0 Å². The second-order valence-corrected chi connectivity index (χ2v) is 6.02. The van der Waals surface area contributed by atoms with Gasteiger partial charge in [0.2, 0.25) is 0 Å². The van der Waals surface area contributed by atoms with Gasteiger partial charge in [-0.05, 0) is 36.2 Å². The lowest BCUT2D eigenvalue weighted by Crippen LogP contribution is -2.07. The van der Waals surface area contributed by atoms with Gasteiger partial charge in [-0.1, -0.05) is 49.0 Å². The third kappa shape index (κ3) is 2.74. The van der Waals surface area contributed by atoms with E-state index in [1.807, 2.05) is 6.07 Å². The van der Waals surface area contributed by atoms with Gasteiger partial charge in [0.25, 0.3) is 0 Å². The maximum Gasteiger partial charge on any atom is 0.0780 e. The highest BCUT2D eigenvalue weighted by atomic mass is 32.2. The van der Waals surface area contributed by atoms with Gasteiger partial charge in [-0.3, -0.25) is 0 Å². The average Bonchev–Trinajstić information content (AvgIpc) is 2.89. The highest BCUT2D eigenvalue weighted by Gasteiger charge is 2.05. The molecule has 102 valence electrons. The van der Waals surface area contributed by atoms with Crippen molar-refractivity contribution in [3.05, 3.63) is 60.2 Å². The van der Waals surface area contributed by atoms with Crippen molar-refractivity contribution in [1.82, 2.24) is 4.98 Å². The minimum atomic E-state index is 0.141. The minimum absolute atomic E-state index is 0.141. The van der Waals surface area contributed by atoms with Crippen molar-refractivity contribution in [1.29, 1.82) is 0 Å². The molecule has 0 amide bonds.